The molecule has 0 aliphatic heterocycles. The van der Waals surface area contributed by atoms with Crippen molar-refractivity contribution in [1.29, 1.82) is 0 Å². The highest BCUT2D eigenvalue weighted by Crippen LogP contribution is 2.12. The third kappa shape index (κ3) is 7.96. The lowest BCUT2D eigenvalue weighted by Gasteiger charge is -2.12. The van der Waals surface area contributed by atoms with E-state index in [2.05, 4.69) is 15.9 Å². The normalized spacial score (nSPS) is 13.2. The first-order valence-corrected chi connectivity index (χ1v) is 6.83. The van der Waals surface area contributed by atoms with Crippen LogP contribution >= 0.6 is 15.9 Å². The fraction of sp³-hybridized carbons (Fsp3) is 0.667. The highest BCUT2D eigenvalue weighted by molar-refractivity contribution is 9.09. The maximum absolute atomic E-state index is 11.7. The Morgan fingerprint density at radius 2 is 2.06 bits per heavy atom. The second-order valence-electron chi connectivity index (χ2n) is 3.78. The first kappa shape index (κ1) is 16.2. The van der Waals surface area contributed by atoms with E-state index in [0.717, 1.165) is 24.2 Å². The smallest absolute Gasteiger partial charge is 0.334 e. The number of ether oxygens (including phenoxy) is 1. The van der Waals surface area contributed by atoms with E-state index in [-0.39, 0.29) is 11.7 Å². The molecule has 0 saturated carbocycles. The number of halogens is 1. The molecule has 0 saturated heterocycles. The van der Waals surface area contributed by atoms with E-state index < -0.39 is 11.9 Å². The number of unbranched alkanes of at least 4 members (excludes halogenated alkanes) is 1. The van der Waals surface area contributed by atoms with Crippen LogP contribution in [-0.4, -0.2) is 28.5 Å². The molecule has 0 radical (unpaired) electrons. The highest BCUT2D eigenvalue weighted by Gasteiger charge is 2.15. The fourth-order valence-corrected chi connectivity index (χ4v) is 1.53. The quantitative estimate of drug-likeness (QED) is 0.324. The van der Waals surface area contributed by atoms with Crippen LogP contribution in [0.3, 0.4) is 0 Å². The summed E-state index contributed by atoms with van der Waals surface area (Å²) >= 11 is 3.29. The van der Waals surface area contributed by atoms with Crippen molar-refractivity contribution in [1.82, 2.24) is 0 Å². The van der Waals surface area contributed by atoms with Crippen LogP contribution in [0, 0.1) is 0 Å². The summed E-state index contributed by atoms with van der Waals surface area (Å²) in [6, 6.07) is 0. The lowest BCUT2D eigenvalue weighted by Crippen LogP contribution is -2.16. The number of esters is 1. The molecule has 1 unspecified atom stereocenters. The van der Waals surface area contributed by atoms with Gasteiger partial charge in [-0.15, -0.1) is 0 Å². The molecule has 5 heteroatoms. The average molecular weight is 307 g/mol. The molecule has 0 aromatic carbocycles. The summed E-state index contributed by atoms with van der Waals surface area (Å²) in [5, 5.41) is 9.53. The van der Waals surface area contributed by atoms with Crippen molar-refractivity contribution >= 4 is 27.9 Å². The predicted molar refractivity (Wildman–Crippen MR) is 69.2 cm³/mol. The van der Waals surface area contributed by atoms with Crippen LogP contribution in [0.2, 0.25) is 0 Å². The van der Waals surface area contributed by atoms with Crippen molar-refractivity contribution in [3.8, 4) is 0 Å². The van der Waals surface area contributed by atoms with Crippen molar-refractivity contribution in [2.45, 2.75) is 45.6 Å². The van der Waals surface area contributed by atoms with Crippen LogP contribution in [-0.2, 0) is 14.3 Å². The van der Waals surface area contributed by atoms with Crippen molar-refractivity contribution in [3.63, 3.8) is 0 Å². The van der Waals surface area contributed by atoms with E-state index in [1.807, 2.05) is 6.92 Å². The molecular weight excluding hydrogens is 288 g/mol. The molecule has 0 amide bonds. The van der Waals surface area contributed by atoms with Crippen LogP contribution in [0.1, 0.15) is 39.5 Å². The third-order valence-electron chi connectivity index (χ3n) is 2.27. The Balaban J connectivity index is 4.46. The molecule has 0 heterocycles. The summed E-state index contributed by atoms with van der Waals surface area (Å²) < 4.78 is 5.11. The molecule has 0 bridgehead atoms. The van der Waals surface area contributed by atoms with Gasteiger partial charge in [0.05, 0.1) is 6.10 Å². The predicted octanol–water partition coefficient (Wildman–Crippen LogP) is 2.90. The van der Waals surface area contributed by atoms with Gasteiger partial charge in [-0.2, -0.15) is 0 Å². The molecule has 1 N–H and O–H groups in total. The van der Waals surface area contributed by atoms with Crippen molar-refractivity contribution in [3.05, 3.63) is 11.6 Å². The summed E-state index contributed by atoms with van der Waals surface area (Å²) in [4.78, 5) is 22.3. The van der Waals surface area contributed by atoms with Crippen molar-refractivity contribution in [2.75, 3.05) is 5.33 Å². The summed E-state index contributed by atoms with van der Waals surface area (Å²) in [5.41, 5.74) is 0.235. The van der Waals surface area contributed by atoms with Crippen molar-refractivity contribution < 1.29 is 19.4 Å². The van der Waals surface area contributed by atoms with Gasteiger partial charge in [-0.05, 0) is 32.6 Å². The number of alkyl halides is 1. The van der Waals surface area contributed by atoms with Gasteiger partial charge in [0.15, 0.2) is 0 Å². The summed E-state index contributed by atoms with van der Waals surface area (Å²) in [5.74, 6) is -1.63. The lowest BCUT2D eigenvalue weighted by molar-refractivity contribution is -0.144. The number of carbonyl (C=O) groups excluding carboxylic acids is 1. The Kier molecular flexibility index (Phi) is 8.76. The minimum Gasteiger partial charge on any atom is -0.478 e. The molecule has 4 nitrogen and oxygen atoms in total. The van der Waals surface area contributed by atoms with E-state index in [0.29, 0.717) is 12.8 Å². The SMILES string of the molecule is CCC(C)OC(=O)C(=CC(=O)O)CCCCBr. The number of carboxylic acid groups (broad SMARTS) is 1. The molecule has 0 aromatic heterocycles. The highest BCUT2D eigenvalue weighted by atomic mass is 79.9. The summed E-state index contributed by atoms with van der Waals surface area (Å²) in [6.07, 6.45) is 3.57. The second kappa shape index (κ2) is 9.22. The number of carboxylic acids is 1. The van der Waals surface area contributed by atoms with Gasteiger partial charge in [-0.1, -0.05) is 22.9 Å². The Morgan fingerprint density at radius 1 is 1.41 bits per heavy atom. The van der Waals surface area contributed by atoms with Crippen LogP contribution in [0.15, 0.2) is 11.6 Å². The zero-order valence-corrected chi connectivity index (χ0v) is 11.8. The number of aliphatic carboxylic acids is 1. The molecule has 0 aromatic rings. The molecule has 17 heavy (non-hydrogen) atoms. The zero-order valence-electron chi connectivity index (χ0n) is 10.2. The lowest BCUT2D eigenvalue weighted by atomic mass is 10.1. The molecule has 0 rings (SSSR count). The zero-order chi connectivity index (χ0) is 13.3. The largest absolute Gasteiger partial charge is 0.478 e. The number of carbonyl (C=O) groups is 2. The fourth-order valence-electron chi connectivity index (χ4n) is 1.13. The summed E-state index contributed by atoms with van der Waals surface area (Å²) in [7, 11) is 0. The topological polar surface area (TPSA) is 63.6 Å². The second-order valence-corrected chi connectivity index (χ2v) is 4.57. The third-order valence-corrected chi connectivity index (χ3v) is 2.83. The van der Waals surface area contributed by atoms with Gasteiger partial charge in [0.2, 0.25) is 0 Å². The summed E-state index contributed by atoms with van der Waals surface area (Å²) in [6.45, 7) is 3.69. The average Bonchev–Trinajstić information content (AvgIpc) is 2.27. The van der Waals surface area contributed by atoms with Crippen LogP contribution in [0.4, 0.5) is 0 Å². The molecular formula is C12H19BrO4. The van der Waals surface area contributed by atoms with Crippen LogP contribution < -0.4 is 0 Å². The molecule has 98 valence electrons. The Labute approximate surface area is 110 Å². The van der Waals surface area contributed by atoms with Crippen LogP contribution in [0.25, 0.3) is 0 Å². The van der Waals surface area contributed by atoms with Gasteiger partial charge < -0.3 is 9.84 Å². The maximum Gasteiger partial charge on any atom is 0.334 e. The van der Waals surface area contributed by atoms with Gasteiger partial charge in [0, 0.05) is 17.0 Å². The molecule has 0 spiro atoms. The van der Waals surface area contributed by atoms with E-state index >= 15 is 0 Å². The first-order chi connectivity index (χ1) is 8.01. The Bertz CT molecular complexity index is 286. The number of hydrogen-bond acceptors (Lipinski definition) is 3. The first-order valence-electron chi connectivity index (χ1n) is 5.71. The minimum absolute atomic E-state index is 0.184. The van der Waals surface area contributed by atoms with Gasteiger partial charge in [0.25, 0.3) is 0 Å². The maximum atomic E-state index is 11.7. The van der Waals surface area contributed by atoms with Crippen molar-refractivity contribution in [2.24, 2.45) is 0 Å². The monoisotopic (exact) mass is 306 g/mol. The minimum atomic E-state index is -1.11. The van der Waals surface area contributed by atoms with E-state index in [1.54, 1.807) is 6.92 Å². The molecule has 0 aliphatic carbocycles. The van der Waals surface area contributed by atoms with E-state index in [9.17, 15) is 9.59 Å². The number of hydrogen-bond donors (Lipinski definition) is 1. The molecule has 0 fully saturated rings. The van der Waals surface area contributed by atoms with Gasteiger partial charge >= 0.3 is 11.9 Å². The van der Waals surface area contributed by atoms with E-state index in [1.165, 1.54) is 0 Å². The standard InChI is InChI=1S/C12H19BrO4/c1-3-9(2)17-12(16)10(8-11(14)15)6-4-5-7-13/h8-9H,3-7H2,1-2H3,(H,14,15). The van der Waals surface area contributed by atoms with Gasteiger partial charge in [-0.25, -0.2) is 9.59 Å². The number of rotatable bonds is 8. The van der Waals surface area contributed by atoms with Gasteiger partial charge in [0.1, 0.15) is 0 Å². The molecule has 0 aliphatic rings. The Hall–Kier alpha value is -0.840. The molecule has 1 atom stereocenters. The Morgan fingerprint density at radius 3 is 2.53 bits per heavy atom. The van der Waals surface area contributed by atoms with E-state index in [4.69, 9.17) is 9.84 Å². The van der Waals surface area contributed by atoms with Crippen LogP contribution in [0.5, 0.6) is 0 Å². The van der Waals surface area contributed by atoms with Gasteiger partial charge in [-0.3, -0.25) is 0 Å².